The van der Waals surface area contributed by atoms with Gasteiger partial charge in [0, 0.05) is 20.6 Å². The molecule has 1 atom stereocenters. The molecule has 1 heterocycles. The van der Waals surface area contributed by atoms with Gasteiger partial charge in [0.25, 0.3) is 5.91 Å². The lowest BCUT2D eigenvalue weighted by Gasteiger charge is -2.23. The topological polar surface area (TPSA) is 58.6 Å². The minimum atomic E-state index is -1.26. The molecule has 136 valence electrons. The normalized spacial score (nSPS) is 19.6. The zero-order chi connectivity index (χ0) is 18.9. The van der Waals surface area contributed by atoms with Crippen LogP contribution in [0.2, 0.25) is 15.1 Å². The van der Waals surface area contributed by atoms with Crippen LogP contribution in [0.15, 0.2) is 42.5 Å². The van der Waals surface area contributed by atoms with E-state index in [-0.39, 0.29) is 13.2 Å². The predicted octanol–water partition coefficient (Wildman–Crippen LogP) is 4.49. The van der Waals surface area contributed by atoms with Crippen molar-refractivity contribution in [2.24, 2.45) is 0 Å². The van der Waals surface area contributed by atoms with Gasteiger partial charge >= 0.3 is 6.03 Å². The summed E-state index contributed by atoms with van der Waals surface area (Å²) in [4.78, 5) is 26.2. The number of rotatable bonds is 5. The maximum Gasteiger partial charge on any atom is 0.325 e. The number of nitrogens with one attached hydrogen (secondary N) is 1. The second-order valence-electron chi connectivity index (χ2n) is 5.94. The lowest BCUT2D eigenvalue weighted by molar-refractivity contribution is -0.131. The molecule has 0 bridgehead atoms. The number of amides is 3. The summed E-state index contributed by atoms with van der Waals surface area (Å²) in [5, 5.41) is 4.00. The highest BCUT2D eigenvalue weighted by Gasteiger charge is 2.49. The standard InChI is InChI=1S/C18H15Cl3N2O3/c1-18(14-6-5-12(20)10-15(14)21)16(24)23(17(25)22-18)7-8-26-13-4-2-3-11(19)9-13/h2-6,9-10H,7-8H2,1H3,(H,22,25). The number of carbonyl (C=O) groups excluding carboxylic acids is 2. The molecule has 1 fully saturated rings. The van der Waals surface area contributed by atoms with Crippen molar-refractivity contribution in [3.05, 3.63) is 63.1 Å². The molecule has 2 aromatic rings. The van der Waals surface area contributed by atoms with Crippen LogP contribution in [0.1, 0.15) is 12.5 Å². The summed E-state index contributed by atoms with van der Waals surface area (Å²) in [5.41, 5.74) is -0.769. The van der Waals surface area contributed by atoms with Gasteiger partial charge in [-0.15, -0.1) is 0 Å². The van der Waals surface area contributed by atoms with Gasteiger partial charge in [-0.1, -0.05) is 46.9 Å². The van der Waals surface area contributed by atoms with Gasteiger partial charge in [-0.05, 0) is 37.3 Å². The van der Waals surface area contributed by atoms with E-state index in [9.17, 15) is 9.59 Å². The third-order valence-corrected chi connectivity index (χ3v) is 4.91. The van der Waals surface area contributed by atoms with Crippen LogP contribution < -0.4 is 10.1 Å². The Morgan fingerprint density at radius 1 is 1.08 bits per heavy atom. The summed E-state index contributed by atoms with van der Waals surface area (Å²) < 4.78 is 5.56. The Hall–Kier alpha value is -1.95. The van der Waals surface area contributed by atoms with Crippen molar-refractivity contribution in [1.29, 1.82) is 0 Å². The van der Waals surface area contributed by atoms with Crippen LogP contribution in [0.4, 0.5) is 4.79 Å². The molecule has 5 nitrogen and oxygen atoms in total. The minimum Gasteiger partial charge on any atom is -0.492 e. The molecule has 1 N–H and O–H groups in total. The van der Waals surface area contributed by atoms with Gasteiger partial charge in [-0.3, -0.25) is 9.69 Å². The fourth-order valence-corrected chi connectivity index (χ4v) is 3.57. The summed E-state index contributed by atoms with van der Waals surface area (Å²) in [6.07, 6.45) is 0. The zero-order valence-corrected chi connectivity index (χ0v) is 16.0. The van der Waals surface area contributed by atoms with Crippen molar-refractivity contribution in [2.75, 3.05) is 13.2 Å². The van der Waals surface area contributed by atoms with Gasteiger partial charge in [-0.25, -0.2) is 4.79 Å². The van der Waals surface area contributed by atoms with Crippen molar-refractivity contribution >= 4 is 46.7 Å². The second kappa shape index (κ2) is 7.35. The molecule has 3 amide bonds. The molecule has 8 heteroatoms. The van der Waals surface area contributed by atoms with Gasteiger partial charge in [0.15, 0.2) is 0 Å². The zero-order valence-electron chi connectivity index (χ0n) is 13.8. The van der Waals surface area contributed by atoms with E-state index in [0.29, 0.717) is 26.4 Å². The molecular formula is C18H15Cl3N2O3. The van der Waals surface area contributed by atoms with E-state index in [0.717, 1.165) is 4.90 Å². The number of carbonyl (C=O) groups is 2. The van der Waals surface area contributed by atoms with Crippen LogP contribution in [0, 0.1) is 0 Å². The lowest BCUT2D eigenvalue weighted by atomic mass is 9.92. The molecule has 2 aromatic carbocycles. The number of hydrogen-bond acceptors (Lipinski definition) is 3. The smallest absolute Gasteiger partial charge is 0.325 e. The number of nitrogens with zero attached hydrogens (tertiary/aromatic N) is 1. The SMILES string of the molecule is CC1(c2ccc(Cl)cc2Cl)NC(=O)N(CCOc2cccc(Cl)c2)C1=O. The Morgan fingerprint density at radius 2 is 1.81 bits per heavy atom. The number of benzene rings is 2. The highest BCUT2D eigenvalue weighted by atomic mass is 35.5. The van der Waals surface area contributed by atoms with Gasteiger partial charge < -0.3 is 10.1 Å². The number of imide groups is 1. The van der Waals surface area contributed by atoms with Crippen LogP contribution in [-0.4, -0.2) is 30.0 Å². The number of urea groups is 1. The summed E-state index contributed by atoms with van der Waals surface area (Å²) in [6, 6.07) is 11.2. The largest absolute Gasteiger partial charge is 0.492 e. The average Bonchev–Trinajstić information content (AvgIpc) is 2.78. The van der Waals surface area contributed by atoms with Gasteiger partial charge in [0.1, 0.15) is 17.9 Å². The second-order valence-corrected chi connectivity index (χ2v) is 7.22. The molecule has 1 aliphatic rings. The third kappa shape index (κ3) is 3.61. The van der Waals surface area contributed by atoms with Gasteiger partial charge in [-0.2, -0.15) is 0 Å². The van der Waals surface area contributed by atoms with Crippen molar-refractivity contribution in [3.8, 4) is 5.75 Å². The molecule has 0 aliphatic carbocycles. The first-order valence-corrected chi connectivity index (χ1v) is 8.92. The monoisotopic (exact) mass is 412 g/mol. The highest BCUT2D eigenvalue weighted by Crippen LogP contribution is 2.34. The fraction of sp³-hybridized carbons (Fsp3) is 0.222. The van der Waals surface area contributed by atoms with E-state index in [1.54, 1.807) is 43.3 Å². The van der Waals surface area contributed by atoms with Crippen LogP contribution in [-0.2, 0) is 10.3 Å². The van der Waals surface area contributed by atoms with Crippen LogP contribution in [0.25, 0.3) is 0 Å². The van der Waals surface area contributed by atoms with E-state index in [4.69, 9.17) is 39.5 Å². The molecule has 3 rings (SSSR count). The molecule has 1 saturated heterocycles. The first-order valence-electron chi connectivity index (χ1n) is 7.79. The molecule has 0 aromatic heterocycles. The van der Waals surface area contributed by atoms with Gasteiger partial charge in [0.05, 0.1) is 6.54 Å². The Balaban J connectivity index is 1.72. The van der Waals surface area contributed by atoms with E-state index in [1.165, 1.54) is 6.07 Å². The van der Waals surface area contributed by atoms with Crippen LogP contribution in [0.5, 0.6) is 5.75 Å². The van der Waals surface area contributed by atoms with Crippen LogP contribution >= 0.6 is 34.8 Å². The first-order chi connectivity index (χ1) is 12.3. The van der Waals surface area contributed by atoms with Gasteiger partial charge in [0.2, 0.25) is 0 Å². The maximum absolute atomic E-state index is 12.8. The van der Waals surface area contributed by atoms with E-state index < -0.39 is 17.5 Å². The van der Waals surface area contributed by atoms with Crippen molar-refractivity contribution < 1.29 is 14.3 Å². The molecule has 0 radical (unpaired) electrons. The minimum absolute atomic E-state index is 0.0952. The number of ether oxygens (including phenoxy) is 1. The van der Waals surface area contributed by atoms with Crippen LogP contribution in [0.3, 0.4) is 0 Å². The Labute approximate surface area is 165 Å². The van der Waals surface area contributed by atoms with E-state index in [1.807, 2.05) is 0 Å². The fourth-order valence-electron chi connectivity index (χ4n) is 2.79. The predicted molar refractivity (Wildman–Crippen MR) is 101 cm³/mol. The molecule has 1 aliphatic heterocycles. The first kappa shape index (κ1) is 18.8. The van der Waals surface area contributed by atoms with Crippen molar-refractivity contribution in [3.63, 3.8) is 0 Å². The lowest BCUT2D eigenvalue weighted by Crippen LogP contribution is -2.41. The van der Waals surface area contributed by atoms with Crippen molar-refractivity contribution in [1.82, 2.24) is 10.2 Å². The van der Waals surface area contributed by atoms with E-state index >= 15 is 0 Å². The van der Waals surface area contributed by atoms with Crippen molar-refractivity contribution in [2.45, 2.75) is 12.5 Å². The Morgan fingerprint density at radius 3 is 2.50 bits per heavy atom. The number of hydrogen-bond donors (Lipinski definition) is 1. The molecule has 0 spiro atoms. The summed E-state index contributed by atoms with van der Waals surface area (Å²) >= 11 is 18.0. The summed E-state index contributed by atoms with van der Waals surface area (Å²) in [5.74, 6) is 0.162. The maximum atomic E-state index is 12.8. The molecule has 0 saturated carbocycles. The number of halogens is 3. The molecule has 1 unspecified atom stereocenters. The Bertz CT molecular complexity index is 875. The van der Waals surface area contributed by atoms with E-state index in [2.05, 4.69) is 5.32 Å². The Kier molecular flexibility index (Phi) is 5.32. The molecular weight excluding hydrogens is 399 g/mol. The average molecular weight is 414 g/mol. The third-order valence-electron chi connectivity index (χ3n) is 4.12. The summed E-state index contributed by atoms with van der Waals surface area (Å²) in [7, 11) is 0. The summed E-state index contributed by atoms with van der Waals surface area (Å²) in [6.45, 7) is 1.85. The molecule has 26 heavy (non-hydrogen) atoms. The highest BCUT2D eigenvalue weighted by molar-refractivity contribution is 6.35. The quantitative estimate of drug-likeness (QED) is 0.735.